The predicted octanol–water partition coefficient (Wildman–Crippen LogP) is 1.48. The van der Waals surface area contributed by atoms with Crippen LogP contribution in [-0.4, -0.2) is 11.8 Å². The summed E-state index contributed by atoms with van der Waals surface area (Å²) in [7, 11) is 0. The molecule has 1 aliphatic rings. The molecule has 0 aromatic carbocycles. The van der Waals surface area contributed by atoms with Crippen LogP contribution in [0.2, 0.25) is 0 Å². The zero-order chi connectivity index (χ0) is 8.27. The normalized spacial score (nSPS) is 31.8. The number of ketones is 1. The Morgan fingerprint density at radius 1 is 1.45 bits per heavy atom. The third-order valence-corrected chi connectivity index (χ3v) is 2.58. The van der Waals surface area contributed by atoms with Gasteiger partial charge in [0.05, 0.1) is 0 Å². The van der Waals surface area contributed by atoms with Crippen LogP contribution in [0.25, 0.3) is 0 Å². The number of Topliss-reactive ketones (excluding diaryl/α,β-unsaturated/α-hetero) is 1. The molecule has 1 rings (SSSR count). The molecule has 0 aromatic rings. The number of rotatable bonds is 2. The van der Waals surface area contributed by atoms with E-state index in [0.29, 0.717) is 12.2 Å². The second kappa shape index (κ2) is 3.86. The number of hydrogen-bond acceptors (Lipinski definition) is 2. The first-order valence-electron chi connectivity index (χ1n) is 4.54. The Bertz CT molecular complexity index is 144. The summed E-state index contributed by atoms with van der Waals surface area (Å²) < 4.78 is 0. The highest BCUT2D eigenvalue weighted by Crippen LogP contribution is 2.24. The van der Waals surface area contributed by atoms with Crippen molar-refractivity contribution in [2.75, 3.05) is 0 Å². The van der Waals surface area contributed by atoms with E-state index in [1.807, 2.05) is 6.92 Å². The Morgan fingerprint density at radius 2 is 2.09 bits per heavy atom. The van der Waals surface area contributed by atoms with Crippen LogP contribution in [0.4, 0.5) is 0 Å². The fourth-order valence-electron chi connectivity index (χ4n) is 1.82. The van der Waals surface area contributed by atoms with E-state index in [-0.39, 0.29) is 12.0 Å². The number of hydrogen-bond donors (Lipinski definition) is 1. The lowest BCUT2D eigenvalue weighted by Crippen LogP contribution is -2.37. The van der Waals surface area contributed by atoms with Crippen molar-refractivity contribution in [3.8, 4) is 0 Å². The van der Waals surface area contributed by atoms with E-state index in [9.17, 15) is 4.79 Å². The van der Waals surface area contributed by atoms with Crippen LogP contribution in [0, 0.1) is 5.92 Å². The summed E-state index contributed by atoms with van der Waals surface area (Å²) in [6.07, 6.45) is 5.10. The van der Waals surface area contributed by atoms with Gasteiger partial charge in [-0.15, -0.1) is 0 Å². The second-order valence-corrected chi connectivity index (χ2v) is 3.37. The summed E-state index contributed by atoms with van der Waals surface area (Å²) >= 11 is 0. The summed E-state index contributed by atoms with van der Waals surface area (Å²) in [6.45, 7) is 1.92. The summed E-state index contributed by atoms with van der Waals surface area (Å²) in [4.78, 5) is 11.3. The first kappa shape index (κ1) is 8.72. The molecule has 0 bridgehead atoms. The monoisotopic (exact) mass is 155 g/mol. The van der Waals surface area contributed by atoms with Crippen molar-refractivity contribution in [1.29, 1.82) is 0 Å². The van der Waals surface area contributed by atoms with E-state index >= 15 is 0 Å². The van der Waals surface area contributed by atoms with Gasteiger partial charge < -0.3 is 5.73 Å². The number of carbonyl (C=O) groups is 1. The molecule has 0 heterocycles. The van der Waals surface area contributed by atoms with Gasteiger partial charge in [0.15, 0.2) is 0 Å². The lowest BCUT2D eigenvalue weighted by molar-refractivity contribution is -0.123. The fourth-order valence-corrected chi connectivity index (χ4v) is 1.82. The summed E-state index contributed by atoms with van der Waals surface area (Å²) in [5.41, 5.74) is 5.83. The van der Waals surface area contributed by atoms with Gasteiger partial charge in [-0.3, -0.25) is 4.79 Å². The molecule has 0 radical (unpaired) electrons. The van der Waals surface area contributed by atoms with Gasteiger partial charge in [-0.2, -0.15) is 0 Å². The smallest absolute Gasteiger partial charge is 0.137 e. The molecule has 1 saturated carbocycles. The Morgan fingerprint density at radius 3 is 2.64 bits per heavy atom. The van der Waals surface area contributed by atoms with Crippen LogP contribution in [-0.2, 0) is 4.79 Å². The Labute approximate surface area is 68.2 Å². The van der Waals surface area contributed by atoms with Crippen LogP contribution in [0.1, 0.15) is 39.0 Å². The first-order valence-corrected chi connectivity index (χ1v) is 4.54. The third kappa shape index (κ3) is 2.03. The molecule has 2 nitrogen and oxygen atoms in total. The molecule has 0 saturated heterocycles. The van der Waals surface area contributed by atoms with Crippen molar-refractivity contribution < 1.29 is 4.79 Å². The Kier molecular flexibility index (Phi) is 3.06. The zero-order valence-electron chi connectivity index (χ0n) is 7.18. The van der Waals surface area contributed by atoms with Crippen molar-refractivity contribution in [1.82, 2.24) is 0 Å². The van der Waals surface area contributed by atoms with Gasteiger partial charge in [-0.1, -0.05) is 19.8 Å². The van der Waals surface area contributed by atoms with E-state index in [0.717, 1.165) is 12.8 Å². The minimum Gasteiger partial charge on any atom is -0.327 e. The van der Waals surface area contributed by atoms with Crippen molar-refractivity contribution in [3.63, 3.8) is 0 Å². The summed E-state index contributed by atoms with van der Waals surface area (Å²) in [5, 5.41) is 0. The number of nitrogens with two attached hydrogens (primary N) is 1. The first-order chi connectivity index (χ1) is 5.25. The van der Waals surface area contributed by atoms with Crippen LogP contribution in [0.5, 0.6) is 0 Å². The largest absolute Gasteiger partial charge is 0.327 e. The van der Waals surface area contributed by atoms with Crippen LogP contribution in [0.3, 0.4) is 0 Å². The molecule has 0 aromatic heterocycles. The summed E-state index contributed by atoms with van der Waals surface area (Å²) in [6, 6.07) is 0.149. The third-order valence-electron chi connectivity index (χ3n) is 2.58. The van der Waals surface area contributed by atoms with Gasteiger partial charge in [0.1, 0.15) is 5.78 Å². The van der Waals surface area contributed by atoms with Crippen LogP contribution < -0.4 is 5.73 Å². The van der Waals surface area contributed by atoms with Gasteiger partial charge in [0.25, 0.3) is 0 Å². The molecule has 11 heavy (non-hydrogen) atoms. The molecule has 0 spiro atoms. The van der Waals surface area contributed by atoms with Crippen molar-refractivity contribution >= 4 is 5.78 Å². The molecule has 0 unspecified atom stereocenters. The average molecular weight is 155 g/mol. The highest BCUT2D eigenvalue weighted by atomic mass is 16.1. The quantitative estimate of drug-likeness (QED) is 0.656. The van der Waals surface area contributed by atoms with Crippen molar-refractivity contribution in [2.45, 2.75) is 45.1 Å². The minimum absolute atomic E-state index is 0.149. The van der Waals surface area contributed by atoms with Crippen LogP contribution >= 0.6 is 0 Å². The predicted molar refractivity (Wildman–Crippen MR) is 45.2 cm³/mol. The van der Waals surface area contributed by atoms with Gasteiger partial charge in [0.2, 0.25) is 0 Å². The van der Waals surface area contributed by atoms with E-state index in [2.05, 4.69) is 0 Å². The van der Waals surface area contributed by atoms with E-state index in [1.54, 1.807) is 0 Å². The molecule has 2 atom stereocenters. The highest BCUT2D eigenvalue weighted by Gasteiger charge is 2.26. The molecule has 2 N–H and O–H groups in total. The molecule has 64 valence electrons. The van der Waals surface area contributed by atoms with Gasteiger partial charge >= 0.3 is 0 Å². The standard InChI is InChI=1S/C9H17NO/c1-2-9(11)7-5-3-4-6-8(7)10/h7-8H,2-6,10H2,1H3/t7-,8+/m0/s1. The highest BCUT2D eigenvalue weighted by molar-refractivity contribution is 5.81. The molecule has 1 fully saturated rings. The van der Waals surface area contributed by atoms with Gasteiger partial charge in [-0.25, -0.2) is 0 Å². The topological polar surface area (TPSA) is 43.1 Å². The molecule has 1 aliphatic carbocycles. The van der Waals surface area contributed by atoms with E-state index in [1.165, 1.54) is 12.8 Å². The Hall–Kier alpha value is -0.370. The molecule has 2 heteroatoms. The van der Waals surface area contributed by atoms with E-state index in [4.69, 9.17) is 5.73 Å². The molecule has 0 aliphatic heterocycles. The second-order valence-electron chi connectivity index (χ2n) is 3.37. The maximum Gasteiger partial charge on any atom is 0.137 e. The number of carbonyl (C=O) groups excluding carboxylic acids is 1. The van der Waals surface area contributed by atoms with Gasteiger partial charge in [-0.05, 0) is 12.8 Å². The van der Waals surface area contributed by atoms with E-state index < -0.39 is 0 Å². The van der Waals surface area contributed by atoms with Gasteiger partial charge in [0, 0.05) is 18.4 Å². The van der Waals surface area contributed by atoms with Crippen molar-refractivity contribution in [2.24, 2.45) is 11.7 Å². The SMILES string of the molecule is CCC(=O)[C@H]1CCCC[C@H]1N. The minimum atomic E-state index is 0.149. The molecule has 0 amide bonds. The Balaban J connectivity index is 2.47. The van der Waals surface area contributed by atoms with Crippen LogP contribution in [0.15, 0.2) is 0 Å². The maximum absolute atomic E-state index is 11.3. The lowest BCUT2D eigenvalue weighted by Gasteiger charge is -2.26. The summed E-state index contributed by atoms with van der Waals surface area (Å²) in [5.74, 6) is 0.533. The lowest BCUT2D eigenvalue weighted by atomic mass is 9.82. The van der Waals surface area contributed by atoms with Crippen molar-refractivity contribution in [3.05, 3.63) is 0 Å². The average Bonchev–Trinajstić information content (AvgIpc) is 2.04. The molecular weight excluding hydrogens is 138 g/mol. The maximum atomic E-state index is 11.3. The zero-order valence-corrected chi connectivity index (χ0v) is 7.18. The fraction of sp³-hybridized carbons (Fsp3) is 0.889. The molecular formula is C9H17NO.